The molecule has 0 bridgehead atoms. The number of aromatic nitrogens is 2. The third-order valence-corrected chi connectivity index (χ3v) is 5.20. The summed E-state index contributed by atoms with van der Waals surface area (Å²) >= 11 is 0. The van der Waals surface area contributed by atoms with Crippen LogP contribution in [0.5, 0.6) is 0 Å². The number of nitrogens with zero attached hydrogens (tertiary/aromatic N) is 3. The summed E-state index contributed by atoms with van der Waals surface area (Å²) in [5, 5.41) is 0.706. The number of fused-ring (bicyclic) bond motifs is 1. The number of rotatable bonds is 4. The quantitative estimate of drug-likeness (QED) is 0.634. The predicted octanol–water partition coefficient (Wildman–Crippen LogP) is 3.86. The molecule has 0 spiro atoms. The van der Waals surface area contributed by atoms with Gasteiger partial charge in [0, 0.05) is 36.4 Å². The summed E-state index contributed by atoms with van der Waals surface area (Å²) in [5.74, 6) is -0.643. The summed E-state index contributed by atoms with van der Waals surface area (Å²) in [4.78, 5) is 35.8. The van der Waals surface area contributed by atoms with Gasteiger partial charge in [-0.3, -0.25) is 9.78 Å². The molecule has 3 aromatic rings. The maximum absolute atomic E-state index is 12.9. The SMILES string of the molecule is O=C(OCC(=O)N1CCCCCC1)c1cc(-c2ccncc2)nc2ccccc12. The van der Waals surface area contributed by atoms with Gasteiger partial charge in [0.2, 0.25) is 0 Å². The molecule has 148 valence electrons. The molecule has 0 N–H and O–H groups in total. The summed E-state index contributed by atoms with van der Waals surface area (Å²) < 4.78 is 5.41. The largest absolute Gasteiger partial charge is 0.452 e. The molecule has 3 heterocycles. The standard InChI is InChI=1S/C23H23N3O3/c27-22(26-13-5-1-2-6-14-26)16-29-23(28)19-15-21(17-9-11-24-12-10-17)25-20-8-4-3-7-18(19)20/h3-4,7-12,15H,1-2,5-6,13-14,16H2. The fraction of sp³-hybridized carbons (Fsp3) is 0.304. The van der Waals surface area contributed by atoms with Crippen molar-refractivity contribution in [2.45, 2.75) is 25.7 Å². The zero-order valence-electron chi connectivity index (χ0n) is 16.2. The topological polar surface area (TPSA) is 72.4 Å². The number of carbonyl (C=O) groups is 2. The van der Waals surface area contributed by atoms with Crippen LogP contribution >= 0.6 is 0 Å². The first-order chi connectivity index (χ1) is 14.2. The fourth-order valence-corrected chi connectivity index (χ4v) is 3.63. The van der Waals surface area contributed by atoms with Crippen LogP contribution < -0.4 is 0 Å². The number of esters is 1. The highest BCUT2D eigenvalue weighted by Crippen LogP contribution is 2.25. The molecule has 6 nitrogen and oxygen atoms in total. The van der Waals surface area contributed by atoms with E-state index in [0.29, 0.717) is 22.2 Å². The highest BCUT2D eigenvalue weighted by molar-refractivity contribution is 6.05. The van der Waals surface area contributed by atoms with Gasteiger partial charge in [0.1, 0.15) is 0 Å². The number of ether oxygens (including phenoxy) is 1. The Bertz CT molecular complexity index is 1010. The van der Waals surface area contributed by atoms with Crippen LogP contribution in [0.3, 0.4) is 0 Å². The normalized spacial score (nSPS) is 14.4. The van der Waals surface area contributed by atoms with Crippen LogP contribution in [0.15, 0.2) is 54.9 Å². The number of hydrogen-bond acceptors (Lipinski definition) is 5. The van der Waals surface area contributed by atoms with E-state index in [1.807, 2.05) is 36.4 Å². The molecule has 0 unspecified atom stereocenters. The first-order valence-electron chi connectivity index (χ1n) is 9.97. The van der Waals surface area contributed by atoms with Crippen molar-refractivity contribution in [2.24, 2.45) is 0 Å². The lowest BCUT2D eigenvalue weighted by atomic mass is 10.0. The molecule has 6 heteroatoms. The van der Waals surface area contributed by atoms with Gasteiger partial charge in [-0.25, -0.2) is 9.78 Å². The number of hydrogen-bond donors (Lipinski definition) is 0. The molecule has 0 radical (unpaired) electrons. The molecule has 0 saturated carbocycles. The van der Waals surface area contributed by atoms with E-state index in [9.17, 15) is 9.59 Å². The second kappa shape index (κ2) is 8.82. The van der Waals surface area contributed by atoms with Crippen LogP contribution in [0.4, 0.5) is 0 Å². The van der Waals surface area contributed by atoms with Crippen LogP contribution in [-0.4, -0.2) is 46.4 Å². The van der Waals surface area contributed by atoms with E-state index in [1.54, 1.807) is 23.4 Å². The smallest absolute Gasteiger partial charge is 0.339 e. The Balaban J connectivity index is 1.57. The maximum atomic E-state index is 12.9. The molecule has 0 atom stereocenters. The summed E-state index contributed by atoms with van der Waals surface area (Å²) in [6, 6.07) is 12.8. The van der Waals surface area contributed by atoms with Crippen molar-refractivity contribution in [1.29, 1.82) is 0 Å². The van der Waals surface area contributed by atoms with Crippen molar-refractivity contribution >= 4 is 22.8 Å². The number of benzene rings is 1. The van der Waals surface area contributed by atoms with E-state index >= 15 is 0 Å². The number of likely N-dealkylation sites (tertiary alicyclic amines) is 1. The van der Waals surface area contributed by atoms with Gasteiger partial charge in [0.05, 0.1) is 16.8 Å². The highest BCUT2D eigenvalue weighted by Gasteiger charge is 2.20. The Morgan fingerprint density at radius 2 is 1.69 bits per heavy atom. The zero-order chi connectivity index (χ0) is 20.1. The minimum atomic E-state index is -0.512. The molecule has 1 saturated heterocycles. The monoisotopic (exact) mass is 389 g/mol. The molecule has 1 aliphatic rings. The van der Waals surface area contributed by atoms with E-state index in [0.717, 1.165) is 44.3 Å². The second-order valence-electron chi connectivity index (χ2n) is 7.18. The van der Waals surface area contributed by atoms with Crippen molar-refractivity contribution in [3.63, 3.8) is 0 Å². The van der Waals surface area contributed by atoms with Crippen LogP contribution in [0.25, 0.3) is 22.2 Å². The summed E-state index contributed by atoms with van der Waals surface area (Å²) in [6.45, 7) is 1.24. The van der Waals surface area contributed by atoms with Crippen LogP contribution in [0.1, 0.15) is 36.0 Å². The van der Waals surface area contributed by atoms with Crippen LogP contribution in [-0.2, 0) is 9.53 Å². The summed E-state index contributed by atoms with van der Waals surface area (Å²) in [5.41, 5.74) is 2.64. The molecule has 1 aromatic carbocycles. The van der Waals surface area contributed by atoms with Gasteiger partial charge in [-0.2, -0.15) is 0 Å². The van der Waals surface area contributed by atoms with Gasteiger partial charge in [0.15, 0.2) is 6.61 Å². The van der Waals surface area contributed by atoms with Crippen molar-refractivity contribution in [3.05, 3.63) is 60.4 Å². The van der Waals surface area contributed by atoms with Gasteiger partial charge < -0.3 is 9.64 Å². The number of carbonyl (C=O) groups excluding carboxylic acids is 2. The Labute approximate surface area is 169 Å². The van der Waals surface area contributed by atoms with Gasteiger partial charge in [-0.1, -0.05) is 31.0 Å². The second-order valence-corrected chi connectivity index (χ2v) is 7.18. The Kier molecular flexibility index (Phi) is 5.79. The van der Waals surface area contributed by atoms with E-state index in [1.165, 1.54) is 0 Å². The Morgan fingerprint density at radius 1 is 0.966 bits per heavy atom. The Hall–Kier alpha value is -3.28. The minimum Gasteiger partial charge on any atom is -0.452 e. The molecule has 1 amide bonds. The molecular formula is C23H23N3O3. The maximum Gasteiger partial charge on any atom is 0.339 e. The molecular weight excluding hydrogens is 366 g/mol. The highest BCUT2D eigenvalue weighted by atomic mass is 16.5. The first-order valence-corrected chi connectivity index (χ1v) is 9.97. The van der Waals surface area contributed by atoms with Gasteiger partial charge in [-0.15, -0.1) is 0 Å². The van der Waals surface area contributed by atoms with Gasteiger partial charge >= 0.3 is 5.97 Å². The van der Waals surface area contributed by atoms with Crippen molar-refractivity contribution in [1.82, 2.24) is 14.9 Å². The molecule has 2 aromatic heterocycles. The van der Waals surface area contributed by atoms with E-state index in [-0.39, 0.29) is 12.5 Å². The van der Waals surface area contributed by atoms with Gasteiger partial charge in [-0.05, 0) is 37.1 Å². The predicted molar refractivity (Wildman–Crippen MR) is 110 cm³/mol. The average Bonchev–Trinajstić information content (AvgIpc) is 3.07. The summed E-state index contributed by atoms with van der Waals surface area (Å²) in [6.07, 6.45) is 7.66. The minimum absolute atomic E-state index is 0.132. The number of amides is 1. The van der Waals surface area contributed by atoms with Crippen molar-refractivity contribution in [3.8, 4) is 11.3 Å². The third-order valence-electron chi connectivity index (χ3n) is 5.20. The fourth-order valence-electron chi connectivity index (χ4n) is 3.63. The number of para-hydroxylation sites is 1. The van der Waals surface area contributed by atoms with E-state index in [4.69, 9.17) is 4.74 Å². The zero-order valence-corrected chi connectivity index (χ0v) is 16.2. The van der Waals surface area contributed by atoms with Crippen LogP contribution in [0, 0.1) is 0 Å². The van der Waals surface area contributed by atoms with Crippen LogP contribution in [0.2, 0.25) is 0 Å². The van der Waals surface area contributed by atoms with E-state index < -0.39 is 5.97 Å². The average molecular weight is 389 g/mol. The Morgan fingerprint density at radius 3 is 2.45 bits per heavy atom. The molecule has 1 aliphatic heterocycles. The first kappa shape index (κ1) is 19.1. The lowest BCUT2D eigenvalue weighted by molar-refractivity contribution is -0.134. The number of pyridine rings is 2. The van der Waals surface area contributed by atoms with Gasteiger partial charge in [0.25, 0.3) is 5.91 Å². The third kappa shape index (κ3) is 4.42. The van der Waals surface area contributed by atoms with Crippen molar-refractivity contribution in [2.75, 3.05) is 19.7 Å². The molecule has 1 fully saturated rings. The lowest BCUT2D eigenvalue weighted by Gasteiger charge is -2.20. The lowest BCUT2D eigenvalue weighted by Crippen LogP contribution is -2.35. The molecule has 4 rings (SSSR count). The summed E-state index contributed by atoms with van der Waals surface area (Å²) in [7, 11) is 0. The van der Waals surface area contributed by atoms with Crippen molar-refractivity contribution < 1.29 is 14.3 Å². The molecule has 0 aliphatic carbocycles. The van der Waals surface area contributed by atoms with E-state index in [2.05, 4.69) is 9.97 Å². The molecule has 29 heavy (non-hydrogen) atoms.